The second-order valence-electron chi connectivity index (χ2n) is 6.88. The number of halogens is 3. The van der Waals surface area contributed by atoms with Gasteiger partial charge in [-0.25, -0.2) is 0 Å². The second kappa shape index (κ2) is 8.91. The van der Waals surface area contributed by atoms with Gasteiger partial charge in [-0.3, -0.25) is 9.59 Å². The number of hydrogen-bond acceptors (Lipinski definition) is 3. The monoisotopic (exact) mass is 468 g/mol. The molecule has 0 saturated carbocycles. The molecule has 2 N–H and O–H groups in total. The van der Waals surface area contributed by atoms with Crippen molar-refractivity contribution in [3.63, 3.8) is 0 Å². The number of ketones is 1. The van der Waals surface area contributed by atoms with Crippen molar-refractivity contribution in [1.82, 2.24) is 0 Å². The first-order valence-electron chi connectivity index (χ1n) is 8.11. The van der Waals surface area contributed by atoms with Crippen molar-refractivity contribution in [3.05, 3.63) is 68.8 Å². The Morgan fingerprint density at radius 3 is 2.19 bits per heavy atom. The summed E-state index contributed by atoms with van der Waals surface area (Å²) < 4.78 is 0.894. The Hall–Kier alpha value is -1.82. The first kappa shape index (κ1) is 21.5. The molecule has 0 atom stereocenters. The van der Waals surface area contributed by atoms with Gasteiger partial charge in [-0.15, -0.1) is 0 Å². The van der Waals surface area contributed by atoms with Crippen LogP contribution in [-0.4, -0.2) is 11.7 Å². The number of anilines is 2. The average Bonchev–Trinajstić information content (AvgIpc) is 2.57. The third-order valence-corrected chi connectivity index (χ3v) is 4.64. The van der Waals surface area contributed by atoms with Crippen LogP contribution in [0.15, 0.2) is 58.7 Å². The lowest BCUT2D eigenvalue weighted by molar-refractivity contribution is -0.122. The summed E-state index contributed by atoms with van der Waals surface area (Å²) in [4.78, 5) is 25.2. The lowest BCUT2D eigenvalue weighted by Gasteiger charge is -2.17. The molecule has 27 heavy (non-hydrogen) atoms. The lowest BCUT2D eigenvalue weighted by Crippen LogP contribution is -2.24. The molecule has 0 aliphatic heterocycles. The highest BCUT2D eigenvalue weighted by molar-refractivity contribution is 9.10. The van der Waals surface area contributed by atoms with Crippen molar-refractivity contribution in [2.45, 2.75) is 20.8 Å². The average molecular weight is 470 g/mol. The van der Waals surface area contributed by atoms with Gasteiger partial charge in [0.15, 0.2) is 5.78 Å². The van der Waals surface area contributed by atoms with Crippen molar-refractivity contribution < 1.29 is 9.59 Å². The van der Waals surface area contributed by atoms with Crippen LogP contribution >= 0.6 is 39.1 Å². The molecule has 1 amide bonds. The minimum Gasteiger partial charge on any atom is -0.350 e. The fraction of sp³-hybridized carbons (Fsp3) is 0.200. The van der Waals surface area contributed by atoms with Crippen LogP contribution in [0, 0.1) is 5.41 Å². The number of nitrogens with one attached hydrogen (secondary N) is 2. The number of rotatable bonds is 5. The Balaban J connectivity index is 2.33. The largest absolute Gasteiger partial charge is 0.350 e. The molecule has 0 aromatic heterocycles. The maximum absolute atomic E-state index is 12.8. The minimum absolute atomic E-state index is 0.0852. The summed E-state index contributed by atoms with van der Waals surface area (Å²) in [6.07, 6.45) is 1.29. The van der Waals surface area contributed by atoms with Crippen LogP contribution in [0.2, 0.25) is 10.0 Å². The molecule has 0 radical (unpaired) electrons. The summed E-state index contributed by atoms with van der Waals surface area (Å²) in [7, 11) is 0. The van der Waals surface area contributed by atoms with Gasteiger partial charge in [0.25, 0.3) is 5.91 Å². The number of benzene rings is 2. The summed E-state index contributed by atoms with van der Waals surface area (Å²) in [5.41, 5.74) is 0.526. The van der Waals surface area contributed by atoms with Gasteiger partial charge in [-0.2, -0.15) is 0 Å². The lowest BCUT2D eigenvalue weighted by atomic mass is 9.90. The Labute approximate surface area is 177 Å². The highest BCUT2D eigenvalue weighted by atomic mass is 79.9. The molecule has 142 valence electrons. The Bertz CT molecular complexity index is 888. The zero-order chi connectivity index (χ0) is 20.2. The third kappa shape index (κ3) is 6.38. The molecule has 2 rings (SSSR count). The zero-order valence-corrected chi connectivity index (χ0v) is 18.2. The third-order valence-electron chi connectivity index (χ3n) is 3.56. The van der Waals surface area contributed by atoms with E-state index in [1.807, 2.05) is 12.1 Å². The van der Waals surface area contributed by atoms with E-state index in [2.05, 4.69) is 26.6 Å². The molecule has 4 nitrogen and oxygen atoms in total. The Kier molecular flexibility index (Phi) is 7.09. The zero-order valence-electron chi connectivity index (χ0n) is 15.1. The molecule has 0 bridgehead atoms. The van der Waals surface area contributed by atoms with Crippen LogP contribution < -0.4 is 10.6 Å². The van der Waals surface area contributed by atoms with Crippen molar-refractivity contribution >= 4 is 62.2 Å². The van der Waals surface area contributed by atoms with E-state index in [9.17, 15) is 9.59 Å². The van der Waals surface area contributed by atoms with Gasteiger partial charge in [0.1, 0.15) is 5.70 Å². The molecular formula is C20H19BrCl2N2O2. The summed E-state index contributed by atoms with van der Waals surface area (Å²) >= 11 is 15.4. The van der Waals surface area contributed by atoms with Gasteiger partial charge in [-0.1, -0.05) is 59.9 Å². The van der Waals surface area contributed by atoms with Crippen LogP contribution in [0.5, 0.6) is 0 Å². The number of carbonyl (C=O) groups excluding carboxylic acids is 2. The Morgan fingerprint density at radius 2 is 1.63 bits per heavy atom. The van der Waals surface area contributed by atoms with Crippen molar-refractivity contribution in [2.75, 3.05) is 10.6 Å². The molecule has 0 aliphatic rings. The van der Waals surface area contributed by atoms with Crippen LogP contribution in [0.3, 0.4) is 0 Å². The number of amides is 1. The van der Waals surface area contributed by atoms with Crippen molar-refractivity contribution in [3.8, 4) is 0 Å². The first-order valence-corrected chi connectivity index (χ1v) is 9.66. The molecular weight excluding hydrogens is 451 g/mol. The highest BCUT2D eigenvalue weighted by Crippen LogP contribution is 2.27. The van der Waals surface area contributed by atoms with E-state index in [-0.39, 0.29) is 11.5 Å². The van der Waals surface area contributed by atoms with E-state index >= 15 is 0 Å². The van der Waals surface area contributed by atoms with Gasteiger partial charge >= 0.3 is 0 Å². The predicted molar refractivity (Wildman–Crippen MR) is 115 cm³/mol. The standard InChI is InChI=1S/C20H19BrCl2N2O2/c1-20(2,3)18(26)11-17(25-16-9-6-13(22)10-15(16)23)19(27)24-14-7-4-12(21)5-8-14/h4-11,25H,1-3H3,(H,24,27). The molecule has 2 aromatic carbocycles. The summed E-state index contributed by atoms with van der Waals surface area (Å²) in [6.45, 7) is 5.35. The van der Waals surface area contributed by atoms with Crippen molar-refractivity contribution in [1.29, 1.82) is 0 Å². The fourth-order valence-corrected chi connectivity index (χ4v) is 2.69. The smallest absolute Gasteiger partial charge is 0.272 e. The first-order chi connectivity index (χ1) is 12.6. The normalized spacial score (nSPS) is 11.9. The molecule has 7 heteroatoms. The summed E-state index contributed by atoms with van der Waals surface area (Å²) in [6, 6.07) is 12.0. The molecule has 0 saturated heterocycles. The van der Waals surface area contributed by atoms with Gasteiger partial charge in [0, 0.05) is 26.7 Å². The predicted octanol–water partition coefficient (Wildman–Crippen LogP) is 6.31. The molecule has 0 fully saturated rings. The number of hydrogen-bond donors (Lipinski definition) is 2. The molecule has 2 aromatic rings. The van der Waals surface area contributed by atoms with E-state index in [1.165, 1.54) is 6.08 Å². The van der Waals surface area contributed by atoms with Crippen LogP contribution in [0.25, 0.3) is 0 Å². The van der Waals surface area contributed by atoms with Gasteiger partial charge < -0.3 is 10.6 Å². The molecule has 0 aliphatic carbocycles. The minimum atomic E-state index is -0.630. The summed E-state index contributed by atoms with van der Waals surface area (Å²) in [5, 5.41) is 6.52. The maximum atomic E-state index is 12.8. The quantitative estimate of drug-likeness (QED) is 0.504. The topological polar surface area (TPSA) is 58.2 Å². The second-order valence-corrected chi connectivity index (χ2v) is 8.64. The number of allylic oxidation sites excluding steroid dienone is 1. The van der Waals surface area contributed by atoms with Crippen LogP contribution in [0.1, 0.15) is 20.8 Å². The van der Waals surface area contributed by atoms with Crippen LogP contribution in [0.4, 0.5) is 11.4 Å². The molecule has 0 heterocycles. The van der Waals surface area contributed by atoms with E-state index in [4.69, 9.17) is 23.2 Å². The van der Waals surface area contributed by atoms with Gasteiger partial charge in [-0.05, 0) is 42.5 Å². The van der Waals surface area contributed by atoms with E-state index < -0.39 is 11.3 Å². The van der Waals surface area contributed by atoms with E-state index in [0.29, 0.717) is 21.4 Å². The molecule has 0 unspecified atom stereocenters. The Morgan fingerprint density at radius 1 is 1.00 bits per heavy atom. The maximum Gasteiger partial charge on any atom is 0.272 e. The van der Waals surface area contributed by atoms with Gasteiger partial charge in [0.2, 0.25) is 0 Å². The van der Waals surface area contributed by atoms with Crippen molar-refractivity contribution in [2.24, 2.45) is 5.41 Å². The summed E-state index contributed by atoms with van der Waals surface area (Å²) in [5.74, 6) is -0.651. The SMILES string of the molecule is CC(C)(C)C(=O)C=C(Nc1ccc(Cl)cc1Cl)C(=O)Nc1ccc(Br)cc1. The van der Waals surface area contributed by atoms with Crippen LogP contribution in [-0.2, 0) is 9.59 Å². The van der Waals surface area contributed by atoms with Gasteiger partial charge in [0.05, 0.1) is 10.7 Å². The highest BCUT2D eigenvalue weighted by Gasteiger charge is 2.22. The molecule has 0 spiro atoms. The van der Waals surface area contributed by atoms with E-state index in [1.54, 1.807) is 51.1 Å². The van der Waals surface area contributed by atoms with E-state index in [0.717, 1.165) is 4.47 Å². The number of carbonyl (C=O) groups is 2. The fourth-order valence-electron chi connectivity index (χ4n) is 1.97.